The van der Waals surface area contributed by atoms with Gasteiger partial charge in [0.2, 0.25) is 0 Å². The second-order valence-corrected chi connectivity index (χ2v) is 4.67. The molecular weight excluding hydrogens is 266 g/mol. The lowest BCUT2D eigenvalue weighted by molar-refractivity contribution is 0.682. The molecule has 0 bridgehead atoms. The predicted octanol–water partition coefficient (Wildman–Crippen LogP) is 3.43. The molecule has 0 radical (unpaired) electrons. The molecule has 0 spiro atoms. The fraction of sp³-hybridized carbons (Fsp3) is 0.333. The minimum absolute atomic E-state index is 0.942. The third-order valence-corrected chi connectivity index (χ3v) is 3.39. The van der Waals surface area contributed by atoms with Gasteiger partial charge < -0.3 is 4.57 Å². The molecule has 0 amide bonds. The summed E-state index contributed by atoms with van der Waals surface area (Å²) in [6.07, 6.45) is 2.87. The molecule has 3 nitrogen and oxygen atoms in total. The molecule has 0 unspecified atom stereocenters. The lowest BCUT2D eigenvalue weighted by Crippen LogP contribution is -1.98. The number of halogens is 1. The number of aromatic nitrogens is 3. The number of nitrogens with zero attached hydrogens (tertiary/aromatic N) is 3. The summed E-state index contributed by atoms with van der Waals surface area (Å²) in [5.74, 6) is 0.942. The normalized spacial score (nSPS) is 10.7. The van der Waals surface area contributed by atoms with E-state index in [0.29, 0.717) is 0 Å². The molecule has 0 aliphatic heterocycles. The summed E-state index contributed by atoms with van der Waals surface area (Å²) in [4.78, 5) is 0. The standard InChI is InChI=1S/C12H14BrN3/c1-3-6-16-8-14-15-12(16)10-4-5-11(13)9(2)7-10/h4-5,7-8H,3,6H2,1-2H3. The second-order valence-electron chi connectivity index (χ2n) is 3.81. The van der Waals surface area contributed by atoms with Gasteiger partial charge in [0.1, 0.15) is 6.33 Å². The van der Waals surface area contributed by atoms with E-state index in [9.17, 15) is 0 Å². The van der Waals surface area contributed by atoms with Crippen molar-refractivity contribution in [3.8, 4) is 11.4 Å². The van der Waals surface area contributed by atoms with Crippen LogP contribution in [0.2, 0.25) is 0 Å². The number of hydrogen-bond donors (Lipinski definition) is 0. The van der Waals surface area contributed by atoms with Crippen molar-refractivity contribution in [3.05, 3.63) is 34.6 Å². The van der Waals surface area contributed by atoms with Crippen molar-refractivity contribution in [3.63, 3.8) is 0 Å². The molecule has 16 heavy (non-hydrogen) atoms. The number of aryl methyl sites for hydroxylation is 2. The first-order chi connectivity index (χ1) is 7.72. The Kier molecular flexibility index (Phi) is 3.39. The summed E-state index contributed by atoms with van der Waals surface area (Å²) < 4.78 is 3.21. The van der Waals surface area contributed by atoms with Gasteiger partial charge in [0, 0.05) is 16.6 Å². The highest BCUT2D eigenvalue weighted by Gasteiger charge is 2.07. The highest BCUT2D eigenvalue weighted by Crippen LogP contribution is 2.23. The van der Waals surface area contributed by atoms with Crippen molar-refractivity contribution in [2.24, 2.45) is 0 Å². The van der Waals surface area contributed by atoms with Crippen LogP contribution >= 0.6 is 15.9 Å². The quantitative estimate of drug-likeness (QED) is 0.862. The van der Waals surface area contributed by atoms with E-state index in [2.05, 4.69) is 62.7 Å². The predicted molar refractivity (Wildman–Crippen MR) is 68.2 cm³/mol. The topological polar surface area (TPSA) is 30.7 Å². The molecule has 2 rings (SSSR count). The van der Waals surface area contributed by atoms with Crippen molar-refractivity contribution >= 4 is 15.9 Å². The zero-order valence-electron chi connectivity index (χ0n) is 9.44. The van der Waals surface area contributed by atoms with Crippen LogP contribution in [0.1, 0.15) is 18.9 Å². The average molecular weight is 280 g/mol. The molecule has 0 N–H and O–H groups in total. The lowest BCUT2D eigenvalue weighted by Gasteiger charge is -2.06. The summed E-state index contributed by atoms with van der Waals surface area (Å²) >= 11 is 3.50. The monoisotopic (exact) mass is 279 g/mol. The van der Waals surface area contributed by atoms with Crippen LogP contribution in [0.15, 0.2) is 29.0 Å². The number of benzene rings is 1. The van der Waals surface area contributed by atoms with Crippen molar-refractivity contribution in [2.45, 2.75) is 26.8 Å². The van der Waals surface area contributed by atoms with Crippen molar-refractivity contribution in [1.82, 2.24) is 14.8 Å². The summed E-state index contributed by atoms with van der Waals surface area (Å²) in [5.41, 5.74) is 2.33. The highest BCUT2D eigenvalue weighted by molar-refractivity contribution is 9.10. The van der Waals surface area contributed by atoms with Crippen LogP contribution in [0.25, 0.3) is 11.4 Å². The van der Waals surface area contributed by atoms with Crippen LogP contribution in [-0.2, 0) is 6.54 Å². The van der Waals surface area contributed by atoms with Gasteiger partial charge in [-0.2, -0.15) is 0 Å². The fourth-order valence-electron chi connectivity index (χ4n) is 1.67. The van der Waals surface area contributed by atoms with Crippen LogP contribution in [-0.4, -0.2) is 14.8 Å². The SMILES string of the molecule is CCCn1cnnc1-c1ccc(Br)c(C)c1. The third kappa shape index (κ3) is 2.16. The Bertz CT molecular complexity index is 491. The molecular formula is C12H14BrN3. The Morgan fingerprint density at radius 1 is 1.38 bits per heavy atom. The number of rotatable bonds is 3. The average Bonchev–Trinajstić information content (AvgIpc) is 2.71. The van der Waals surface area contributed by atoms with Crippen LogP contribution in [0.3, 0.4) is 0 Å². The maximum Gasteiger partial charge on any atom is 0.163 e. The molecule has 0 aliphatic rings. The van der Waals surface area contributed by atoms with Crippen molar-refractivity contribution in [1.29, 1.82) is 0 Å². The molecule has 4 heteroatoms. The number of hydrogen-bond acceptors (Lipinski definition) is 2. The second kappa shape index (κ2) is 4.78. The van der Waals surface area contributed by atoms with Gasteiger partial charge in [0.05, 0.1) is 0 Å². The third-order valence-electron chi connectivity index (χ3n) is 2.50. The molecule has 2 aromatic rings. The van der Waals surface area contributed by atoms with E-state index >= 15 is 0 Å². The van der Waals surface area contributed by atoms with Gasteiger partial charge in [-0.1, -0.05) is 28.9 Å². The van der Waals surface area contributed by atoms with E-state index in [1.165, 1.54) is 5.56 Å². The summed E-state index contributed by atoms with van der Waals surface area (Å²) in [5, 5.41) is 8.14. The Hall–Kier alpha value is -1.16. The Balaban J connectivity index is 2.42. The minimum atomic E-state index is 0.942. The Morgan fingerprint density at radius 2 is 2.19 bits per heavy atom. The molecule has 0 saturated carbocycles. The summed E-state index contributed by atoms with van der Waals surface area (Å²) in [7, 11) is 0. The van der Waals surface area contributed by atoms with E-state index in [4.69, 9.17) is 0 Å². The minimum Gasteiger partial charge on any atom is -0.314 e. The van der Waals surface area contributed by atoms with E-state index in [1.807, 2.05) is 0 Å². The van der Waals surface area contributed by atoms with Crippen LogP contribution in [0, 0.1) is 6.92 Å². The lowest BCUT2D eigenvalue weighted by atomic mass is 10.1. The van der Waals surface area contributed by atoms with Gasteiger partial charge in [0.15, 0.2) is 5.82 Å². The van der Waals surface area contributed by atoms with Gasteiger partial charge in [-0.25, -0.2) is 0 Å². The maximum atomic E-state index is 4.17. The van der Waals surface area contributed by atoms with Crippen LogP contribution in [0.5, 0.6) is 0 Å². The molecule has 0 aliphatic carbocycles. The molecule has 0 fully saturated rings. The molecule has 1 aromatic carbocycles. The zero-order valence-corrected chi connectivity index (χ0v) is 11.0. The van der Waals surface area contributed by atoms with Gasteiger partial charge in [-0.15, -0.1) is 10.2 Å². The van der Waals surface area contributed by atoms with Gasteiger partial charge in [0.25, 0.3) is 0 Å². The van der Waals surface area contributed by atoms with Crippen molar-refractivity contribution in [2.75, 3.05) is 0 Å². The van der Waals surface area contributed by atoms with Gasteiger partial charge in [-0.3, -0.25) is 0 Å². The first-order valence-electron chi connectivity index (χ1n) is 5.36. The highest BCUT2D eigenvalue weighted by atomic mass is 79.9. The summed E-state index contributed by atoms with van der Waals surface area (Å²) in [6, 6.07) is 6.24. The van der Waals surface area contributed by atoms with E-state index in [-0.39, 0.29) is 0 Å². The first-order valence-corrected chi connectivity index (χ1v) is 6.16. The van der Waals surface area contributed by atoms with Crippen LogP contribution in [0.4, 0.5) is 0 Å². The largest absolute Gasteiger partial charge is 0.314 e. The molecule has 0 atom stereocenters. The first kappa shape index (κ1) is 11.3. The fourth-order valence-corrected chi connectivity index (χ4v) is 1.91. The smallest absolute Gasteiger partial charge is 0.163 e. The van der Waals surface area contributed by atoms with Crippen LogP contribution < -0.4 is 0 Å². The zero-order chi connectivity index (χ0) is 11.5. The molecule has 0 saturated heterocycles. The van der Waals surface area contributed by atoms with Crippen molar-refractivity contribution < 1.29 is 0 Å². The Morgan fingerprint density at radius 3 is 2.88 bits per heavy atom. The summed E-state index contributed by atoms with van der Waals surface area (Å²) in [6.45, 7) is 5.18. The van der Waals surface area contributed by atoms with E-state index in [0.717, 1.165) is 28.8 Å². The maximum absolute atomic E-state index is 4.17. The molecule has 1 heterocycles. The molecule has 84 valence electrons. The van der Waals surface area contributed by atoms with Gasteiger partial charge >= 0.3 is 0 Å². The molecule has 1 aromatic heterocycles. The Labute approximate surface area is 104 Å². The van der Waals surface area contributed by atoms with Gasteiger partial charge in [-0.05, 0) is 31.0 Å². The van der Waals surface area contributed by atoms with E-state index < -0.39 is 0 Å². The van der Waals surface area contributed by atoms with E-state index in [1.54, 1.807) is 6.33 Å².